The second-order valence-electron chi connectivity index (χ2n) is 7.17. The van der Waals surface area contributed by atoms with Gasteiger partial charge in [0, 0.05) is 58.0 Å². The molecule has 1 aliphatic rings. The van der Waals surface area contributed by atoms with Crippen molar-refractivity contribution in [2.24, 2.45) is 0 Å². The van der Waals surface area contributed by atoms with E-state index in [4.69, 9.17) is 0 Å². The van der Waals surface area contributed by atoms with Crippen LogP contribution in [0.2, 0.25) is 0 Å². The van der Waals surface area contributed by atoms with Crippen LogP contribution in [0, 0.1) is 0 Å². The number of para-hydroxylation sites is 1. The Morgan fingerprint density at radius 1 is 0.963 bits per heavy atom. The lowest BCUT2D eigenvalue weighted by molar-refractivity contribution is 0.261. The average Bonchev–Trinajstić information content (AvgIpc) is 2.69. The van der Waals surface area contributed by atoms with Crippen LogP contribution in [0.15, 0.2) is 30.3 Å². The summed E-state index contributed by atoms with van der Waals surface area (Å²) in [7, 11) is -3.38. The lowest BCUT2D eigenvalue weighted by Gasteiger charge is -2.36. The summed E-state index contributed by atoms with van der Waals surface area (Å²) >= 11 is 0. The first kappa shape index (κ1) is 22.1. The molecule has 6 nitrogen and oxygen atoms in total. The molecule has 1 fully saturated rings. The molecule has 154 valence electrons. The molecule has 7 heteroatoms. The average molecular weight is 397 g/mol. The smallest absolute Gasteiger partial charge is 0.279 e. The van der Waals surface area contributed by atoms with E-state index in [0.717, 1.165) is 58.4 Å². The molecule has 2 rings (SSSR count). The maximum Gasteiger partial charge on any atom is 0.279 e. The van der Waals surface area contributed by atoms with Gasteiger partial charge in [0.15, 0.2) is 0 Å². The molecule has 0 unspecified atom stereocenters. The van der Waals surface area contributed by atoms with Crippen molar-refractivity contribution in [3.63, 3.8) is 0 Å². The lowest BCUT2D eigenvalue weighted by atomic mass is 10.2. The van der Waals surface area contributed by atoms with Gasteiger partial charge >= 0.3 is 0 Å². The lowest BCUT2D eigenvalue weighted by Crippen LogP contribution is -2.49. The number of piperazine rings is 1. The normalized spacial score (nSPS) is 16.2. The van der Waals surface area contributed by atoms with E-state index in [1.165, 1.54) is 5.69 Å². The Morgan fingerprint density at radius 3 is 2.11 bits per heavy atom. The van der Waals surface area contributed by atoms with Crippen molar-refractivity contribution in [2.45, 2.75) is 39.5 Å². The van der Waals surface area contributed by atoms with Gasteiger partial charge in [0.2, 0.25) is 0 Å². The zero-order chi connectivity index (χ0) is 19.5. The first-order chi connectivity index (χ1) is 13.1. The molecule has 1 saturated heterocycles. The number of anilines is 1. The van der Waals surface area contributed by atoms with Gasteiger partial charge in [-0.05, 0) is 25.0 Å². The molecule has 1 aliphatic heterocycles. The van der Waals surface area contributed by atoms with E-state index in [2.05, 4.69) is 52.6 Å². The zero-order valence-corrected chi connectivity index (χ0v) is 17.8. The standard InChI is InChI=1S/C20H36N4O2S/c1-3-5-13-24(14-6-4-2)27(25,26)21-12-15-22-16-18-23(19-17-22)20-10-8-7-9-11-20/h7-11,21H,3-6,12-19H2,1-2H3. The van der Waals surface area contributed by atoms with Crippen LogP contribution >= 0.6 is 0 Å². The van der Waals surface area contributed by atoms with Crippen LogP contribution in [0.25, 0.3) is 0 Å². The number of benzene rings is 1. The largest absolute Gasteiger partial charge is 0.369 e. The minimum atomic E-state index is -3.38. The molecular weight excluding hydrogens is 360 g/mol. The third kappa shape index (κ3) is 7.41. The van der Waals surface area contributed by atoms with Crippen molar-refractivity contribution in [1.29, 1.82) is 0 Å². The molecule has 0 bridgehead atoms. The molecule has 0 aromatic heterocycles. The third-order valence-corrected chi connectivity index (χ3v) is 6.68. The summed E-state index contributed by atoms with van der Waals surface area (Å²) < 4.78 is 29.6. The van der Waals surface area contributed by atoms with Gasteiger partial charge in [0.05, 0.1) is 0 Å². The van der Waals surface area contributed by atoms with Crippen LogP contribution in [0.4, 0.5) is 5.69 Å². The quantitative estimate of drug-likeness (QED) is 0.590. The second-order valence-corrected chi connectivity index (χ2v) is 8.92. The van der Waals surface area contributed by atoms with Crippen LogP contribution in [-0.4, -0.2) is 70.0 Å². The van der Waals surface area contributed by atoms with Crippen LogP contribution in [-0.2, 0) is 10.2 Å². The number of hydrogen-bond donors (Lipinski definition) is 1. The van der Waals surface area contributed by atoms with Gasteiger partial charge in [-0.25, -0.2) is 4.72 Å². The zero-order valence-electron chi connectivity index (χ0n) is 16.9. The predicted octanol–water partition coefficient (Wildman–Crippen LogP) is 2.55. The fourth-order valence-corrected chi connectivity index (χ4v) is 4.58. The van der Waals surface area contributed by atoms with Gasteiger partial charge in [-0.1, -0.05) is 44.9 Å². The van der Waals surface area contributed by atoms with E-state index >= 15 is 0 Å². The molecule has 1 N–H and O–H groups in total. The van der Waals surface area contributed by atoms with E-state index in [1.807, 2.05) is 6.07 Å². The first-order valence-electron chi connectivity index (χ1n) is 10.3. The molecule has 1 aromatic carbocycles. The molecule has 0 spiro atoms. The highest BCUT2D eigenvalue weighted by molar-refractivity contribution is 7.87. The number of unbranched alkanes of at least 4 members (excludes halogenated alkanes) is 2. The maximum atomic E-state index is 12.6. The summed E-state index contributed by atoms with van der Waals surface area (Å²) in [5, 5.41) is 0. The highest BCUT2D eigenvalue weighted by atomic mass is 32.2. The minimum absolute atomic E-state index is 0.475. The van der Waals surface area contributed by atoms with Crippen LogP contribution in [0.3, 0.4) is 0 Å². The highest BCUT2D eigenvalue weighted by Crippen LogP contribution is 2.15. The Balaban J connectivity index is 1.74. The summed E-state index contributed by atoms with van der Waals surface area (Å²) in [5.41, 5.74) is 1.26. The van der Waals surface area contributed by atoms with E-state index in [-0.39, 0.29) is 0 Å². The van der Waals surface area contributed by atoms with Crippen LogP contribution in [0.1, 0.15) is 39.5 Å². The summed E-state index contributed by atoms with van der Waals surface area (Å²) in [4.78, 5) is 4.72. The van der Waals surface area contributed by atoms with Gasteiger partial charge in [0.25, 0.3) is 10.2 Å². The summed E-state index contributed by atoms with van der Waals surface area (Å²) in [5.74, 6) is 0. The molecule has 0 saturated carbocycles. The second kappa shape index (κ2) is 11.6. The number of nitrogens with zero attached hydrogens (tertiary/aromatic N) is 3. The van der Waals surface area contributed by atoms with Crippen LogP contribution in [0.5, 0.6) is 0 Å². The third-order valence-electron chi connectivity index (χ3n) is 5.07. The summed E-state index contributed by atoms with van der Waals surface area (Å²) in [6, 6.07) is 10.5. The SMILES string of the molecule is CCCCN(CCCC)S(=O)(=O)NCCN1CCN(c2ccccc2)CC1. The van der Waals surface area contributed by atoms with Gasteiger partial charge in [0.1, 0.15) is 0 Å². The summed E-state index contributed by atoms with van der Waals surface area (Å²) in [6.07, 6.45) is 3.83. The fourth-order valence-electron chi connectivity index (χ4n) is 3.31. The fraction of sp³-hybridized carbons (Fsp3) is 0.700. The molecule has 27 heavy (non-hydrogen) atoms. The molecule has 1 heterocycles. The van der Waals surface area contributed by atoms with Gasteiger partial charge in [-0.15, -0.1) is 0 Å². The molecule has 0 amide bonds. The Kier molecular flexibility index (Phi) is 9.54. The number of rotatable bonds is 12. The van der Waals surface area contributed by atoms with Crippen molar-refractivity contribution in [1.82, 2.24) is 13.9 Å². The molecule has 1 aromatic rings. The van der Waals surface area contributed by atoms with Crippen molar-refractivity contribution in [3.05, 3.63) is 30.3 Å². The maximum absolute atomic E-state index is 12.6. The van der Waals surface area contributed by atoms with Gasteiger partial charge in [-0.2, -0.15) is 12.7 Å². The monoisotopic (exact) mass is 396 g/mol. The van der Waals surface area contributed by atoms with Crippen molar-refractivity contribution >= 4 is 15.9 Å². The molecular formula is C20H36N4O2S. The Bertz CT molecular complexity index is 608. The molecule has 0 aliphatic carbocycles. The highest BCUT2D eigenvalue weighted by Gasteiger charge is 2.21. The van der Waals surface area contributed by atoms with Gasteiger partial charge < -0.3 is 4.90 Å². The predicted molar refractivity (Wildman–Crippen MR) is 113 cm³/mol. The van der Waals surface area contributed by atoms with Gasteiger partial charge in [-0.3, -0.25) is 4.90 Å². The van der Waals surface area contributed by atoms with Crippen molar-refractivity contribution in [2.75, 3.05) is 57.3 Å². The van der Waals surface area contributed by atoms with Crippen molar-refractivity contribution in [3.8, 4) is 0 Å². The number of hydrogen-bond acceptors (Lipinski definition) is 4. The van der Waals surface area contributed by atoms with Crippen molar-refractivity contribution < 1.29 is 8.42 Å². The van der Waals surface area contributed by atoms with E-state index in [0.29, 0.717) is 19.6 Å². The Morgan fingerprint density at radius 2 is 1.56 bits per heavy atom. The Hall–Kier alpha value is -1.15. The summed E-state index contributed by atoms with van der Waals surface area (Å²) in [6.45, 7) is 10.5. The molecule has 0 radical (unpaired) electrons. The first-order valence-corrected chi connectivity index (χ1v) is 11.8. The Labute approximate surface area is 165 Å². The van der Waals surface area contributed by atoms with Crippen LogP contribution < -0.4 is 9.62 Å². The molecule has 0 atom stereocenters. The van der Waals surface area contributed by atoms with E-state index in [1.54, 1.807) is 4.31 Å². The minimum Gasteiger partial charge on any atom is -0.369 e. The van der Waals surface area contributed by atoms with E-state index in [9.17, 15) is 8.42 Å². The van der Waals surface area contributed by atoms with E-state index < -0.39 is 10.2 Å². The topological polar surface area (TPSA) is 55.9 Å². The number of nitrogens with one attached hydrogen (secondary N) is 1.